The van der Waals surface area contributed by atoms with Crippen LogP contribution in [0.4, 0.5) is 5.69 Å². The zero-order chi connectivity index (χ0) is 19.0. The quantitative estimate of drug-likeness (QED) is 0.370. The van der Waals surface area contributed by atoms with Crippen molar-refractivity contribution in [3.8, 4) is 0 Å². The van der Waals surface area contributed by atoms with E-state index in [1.807, 2.05) is 0 Å². The van der Waals surface area contributed by atoms with Gasteiger partial charge in [0.2, 0.25) is 10.0 Å². The van der Waals surface area contributed by atoms with Gasteiger partial charge in [-0.15, -0.1) is 0 Å². The standard InChI is InChI=1S/C17H21N3O5S/c1-25-11-10-19-26(23,24)16-8-6-14(7-9-16)12-18-13-15-4-2-3-5-17(15)20(21)22/h2-9,18-19H,10-13H2,1H3. The largest absolute Gasteiger partial charge is 0.383 e. The van der Waals surface area contributed by atoms with Gasteiger partial charge in [-0.3, -0.25) is 10.1 Å². The summed E-state index contributed by atoms with van der Waals surface area (Å²) in [6.45, 7) is 1.31. The van der Waals surface area contributed by atoms with Crippen molar-refractivity contribution in [1.82, 2.24) is 10.0 Å². The molecule has 2 rings (SSSR count). The molecule has 0 aliphatic carbocycles. The van der Waals surface area contributed by atoms with E-state index in [1.54, 1.807) is 30.3 Å². The van der Waals surface area contributed by atoms with Gasteiger partial charge in [0.15, 0.2) is 0 Å². The Morgan fingerprint density at radius 2 is 1.77 bits per heavy atom. The van der Waals surface area contributed by atoms with Gasteiger partial charge < -0.3 is 10.1 Å². The molecule has 0 saturated heterocycles. The number of ether oxygens (including phenoxy) is 1. The highest BCUT2D eigenvalue weighted by atomic mass is 32.2. The molecule has 8 nitrogen and oxygen atoms in total. The third-order valence-corrected chi connectivity index (χ3v) is 5.14. The van der Waals surface area contributed by atoms with Crippen LogP contribution in [-0.4, -0.2) is 33.6 Å². The lowest BCUT2D eigenvalue weighted by Crippen LogP contribution is -2.27. The number of rotatable bonds is 10. The van der Waals surface area contributed by atoms with E-state index < -0.39 is 14.9 Å². The van der Waals surface area contributed by atoms with Crippen molar-refractivity contribution < 1.29 is 18.1 Å². The number of benzene rings is 2. The van der Waals surface area contributed by atoms with E-state index >= 15 is 0 Å². The summed E-state index contributed by atoms with van der Waals surface area (Å²) in [5, 5.41) is 14.1. The van der Waals surface area contributed by atoms with Crippen LogP contribution in [0.1, 0.15) is 11.1 Å². The minimum atomic E-state index is -3.55. The maximum Gasteiger partial charge on any atom is 0.273 e. The number of nitro benzene ring substituents is 1. The predicted octanol–water partition coefficient (Wildman–Crippen LogP) is 1.81. The number of para-hydroxylation sites is 1. The number of hydrogen-bond donors (Lipinski definition) is 2. The van der Waals surface area contributed by atoms with Gasteiger partial charge in [0.05, 0.1) is 16.4 Å². The van der Waals surface area contributed by atoms with Crippen molar-refractivity contribution in [1.29, 1.82) is 0 Å². The summed E-state index contributed by atoms with van der Waals surface area (Å²) in [6, 6.07) is 13.0. The Hall–Kier alpha value is -2.33. The number of nitrogens with zero attached hydrogens (tertiary/aromatic N) is 1. The summed E-state index contributed by atoms with van der Waals surface area (Å²) in [4.78, 5) is 10.8. The highest BCUT2D eigenvalue weighted by molar-refractivity contribution is 7.89. The summed E-state index contributed by atoms with van der Waals surface area (Å²) < 4.78 is 31.4. The van der Waals surface area contributed by atoms with E-state index in [0.717, 1.165) is 5.56 Å². The number of nitrogens with one attached hydrogen (secondary N) is 2. The molecule has 0 atom stereocenters. The first-order chi connectivity index (χ1) is 12.4. The van der Waals surface area contributed by atoms with Crippen LogP contribution < -0.4 is 10.0 Å². The van der Waals surface area contributed by atoms with Crippen molar-refractivity contribution in [3.05, 3.63) is 69.8 Å². The summed E-state index contributed by atoms with van der Waals surface area (Å²) in [5.74, 6) is 0. The van der Waals surface area contributed by atoms with Crippen LogP contribution in [0.25, 0.3) is 0 Å². The topological polar surface area (TPSA) is 111 Å². The molecule has 2 aromatic rings. The summed E-state index contributed by atoms with van der Waals surface area (Å²) in [6.07, 6.45) is 0. The second kappa shape index (κ2) is 9.39. The minimum Gasteiger partial charge on any atom is -0.383 e. The van der Waals surface area contributed by atoms with Crippen LogP contribution in [-0.2, 0) is 27.8 Å². The molecule has 0 bridgehead atoms. The monoisotopic (exact) mass is 379 g/mol. The van der Waals surface area contributed by atoms with Gasteiger partial charge in [-0.1, -0.05) is 30.3 Å². The highest BCUT2D eigenvalue weighted by Gasteiger charge is 2.13. The predicted molar refractivity (Wildman–Crippen MR) is 97.1 cm³/mol. The molecule has 26 heavy (non-hydrogen) atoms. The Kier molecular flexibility index (Phi) is 7.22. The Morgan fingerprint density at radius 3 is 2.42 bits per heavy atom. The van der Waals surface area contributed by atoms with Crippen molar-refractivity contribution in [3.63, 3.8) is 0 Å². The van der Waals surface area contributed by atoms with Gasteiger partial charge in [0.25, 0.3) is 5.69 Å². The fourth-order valence-electron chi connectivity index (χ4n) is 2.33. The first-order valence-electron chi connectivity index (χ1n) is 7.94. The average molecular weight is 379 g/mol. The number of hydrogen-bond acceptors (Lipinski definition) is 6. The second-order valence-corrected chi connectivity index (χ2v) is 7.29. The SMILES string of the molecule is COCCNS(=O)(=O)c1ccc(CNCc2ccccc2[N+](=O)[O-])cc1. The Bertz CT molecular complexity index is 838. The summed E-state index contributed by atoms with van der Waals surface area (Å²) in [5.41, 5.74) is 1.54. The molecule has 0 aliphatic rings. The van der Waals surface area contributed by atoms with E-state index in [1.165, 1.54) is 25.3 Å². The van der Waals surface area contributed by atoms with Crippen molar-refractivity contribution >= 4 is 15.7 Å². The zero-order valence-corrected chi connectivity index (χ0v) is 15.2. The second-order valence-electron chi connectivity index (χ2n) is 5.52. The molecule has 0 aliphatic heterocycles. The maximum absolute atomic E-state index is 12.1. The molecule has 9 heteroatoms. The number of methoxy groups -OCH3 is 1. The van der Waals surface area contributed by atoms with Gasteiger partial charge in [0, 0.05) is 38.4 Å². The Balaban J connectivity index is 1.93. The average Bonchev–Trinajstić information content (AvgIpc) is 2.62. The zero-order valence-electron chi connectivity index (χ0n) is 14.3. The lowest BCUT2D eigenvalue weighted by atomic mass is 10.1. The fourth-order valence-corrected chi connectivity index (χ4v) is 3.34. The van der Waals surface area contributed by atoms with E-state index in [9.17, 15) is 18.5 Å². The smallest absolute Gasteiger partial charge is 0.273 e. The fraction of sp³-hybridized carbons (Fsp3) is 0.294. The molecule has 0 spiro atoms. The van der Waals surface area contributed by atoms with Crippen LogP contribution in [0.2, 0.25) is 0 Å². The van der Waals surface area contributed by atoms with E-state index in [4.69, 9.17) is 4.74 Å². The van der Waals surface area contributed by atoms with Crippen molar-refractivity contribution in [2.45, 2.75) is 18.0 Å². The molecule has 2 N–H and O–H groups in total. The molecule has 140 valence electrons. The molecule has 0 radical (unpaired) electrons. The summed E-state index contributed by atoms with van der Waals surface area (Å²) >= 11 is 0. The van der Waals surface area contributed by atoms with Gasteiger partial charge in [-0.25, -0.2) is 13.1 Å². The van der Waals surface area contributed by atoms with Crippen LogP contribution >= 0.6 is 0 Å². The summed E-state index contributed by atoms with van der Waals surface area (Å²) in [7, 11) is -2.05. The third kappa shape index (κ3) is 5.60. The normalized spacial score (nSPS) is 11.4. The first-order valence-corrected chi connectivity index (χ1v) is 9.43. The van der Waals surface area contributed by atoms with Gasteiger partial charge >= 0.3 is 0 Å². The molecule has 0 heterocycles. The Morgan fingerprint density at radius 1 is 1.08 bits per heavy atom. The molecule has 0 amide bonds. The molecule has 0 saturated carbocycles. The van der Waals surface area contributed by atoms with E-state index in [0.29, 0.717) is 25.3 Å². The van der Waals surface area contributed by atoms with Crippen molar-refractivity contribution in [2.24, 2.45) is 0 Å². The van der Waals surface area contributed by atoms with Gasteiger partial charge in [-0.05, 0) is 17.7 Å². The van der Waals surface area contributed by atoms with Crippen LogP contribution in [0.5, 0.6) is 0 Å². The lowest BCUT2D eigenvalue weighted by molar-refractivity contribution is -0.385. The number of sulfonamides is 1. The van der Waals surface area contributed by atoms with Gasteiger partial charge in [0.1, 0.15) is 0 Å². The van der Waals surface area contributed by atoms with Gasteiger partial charge in [-0.2, -0.15) is 0 Å². The first kappa shape index (κ1) is 20.0. The minimum absolute atomic E-state index is 0.0728. The van der Waals surface area contributed by atoms with Crippen LogP contribution in [0, 0.1) is 10.1 Å². The third-order valence-electron chi connectivity index (χ3n) is 3.66. The molecular formula is C17H21N3O5S. The maximum atomic E-state index is 12.1. The lowest BCUT2D eigenvalue weighted by Gasteiger charge is -2.08. The highest BCUT2D eigenvalue weighted by Crippen LogP contribution is 2.17. The molecule has 2 aromatic carbocycles. The van der Waals surface area contributed by atoms with Crippen molar-refractivity contribution in [2.75, 3.05) is 20.3 Å². The van der Waals surface area contributed by atoms with E-state index in [2.05, 4.69) is 10.0 Å². The van der Waals surface area contributed by atoms with Crippen LogP contribution in [0.15, 0.2) is 53.4 Å². The van der Waals surface area contributed by atoms with E-state index in [-0.39, 0.29) is 17.1 Å². The Labute approximate surface area is 152 Å². The van der Waals surface area contributed by atoms with Crippen LogP contribution in [0.3, 0.4) is 0 Å². The molecule has 0 unspecified atom stereocenters. The molecule has 0 fully saturated rings. The molecular weight excluding hydrogens is 358 g/mol. The molecule has 0 aromatic heterocycles. The number of nitro groups is 1.